The first-order chi connectivity index (χ1) is 6.30. The van der Waals surface area contributed by atoms with E-state index >= 15 is 0 Å². The molecule has 66 valence electrons. The minimum Gasteiger partial charge on any atom is -0.387 e. The SMILES string of the molecule is CNc1ccc(C2(C#N)CC2)nc1. The molecule has 0 radical (unpaired) electrons. The van der Waals surface area contributed by atoms with Gasteiger partial charge < -0.3 is 5.32 Å². The molecular formula is C10H11N3. The van der Waals surface area contributed by atoms with Gasteiger partial charge in [-0.05, 0) is 25.0 Å². The molecule has 1 aliphatic rings. The molecule has 0 aromatic carbocycles. The Morgan fingerprint density at radius 1 is 1.54 bits per heavy atom. The van der Waals surface area contributed by atoms with E-state index in [4.69, 9.17) is 5.26 Å². The minimum absolute atomic E-state index is 0.258. The van der Waals surface area contributed by atoms with Crippen LogP contribution in [-0.4, -0.2) is 12.0 Å². The largest absolute Gasteiger partial charge is 0.387 e. The Morgan fingerprint density at radius 2 is 2.31 bits per heavy atom. The summed E-state index contributed by atoms with van der Waals surface area (Å²) in [6, 6.07) is 6.21. The highest BCUT2D eigenvalue weighted by molar-refractivity contribution is 5.43. The summed E-state index contributed by atoms with van der Waals surface area (Å²) in [5, 5.41) is 11.9. The molecule has 1 N–H and O–H groups in total. The molecule has 1 aliphatic carbocycles. The van der Waals surface area contributed by atoms with E-state index in [0.29, 0.717) is 0 Å². The smallest absolute Gasteiger partial charge is 0.0994 e. The van der Waals surface area contributed by atoms with Crippen LogP contribution in [0, 0.1) is 11.3 Å². The van der Waals surface area contributed by atoms with E-state index in [2.05, 4.69) is 16.4 Å². The van der Waals surface area contributed by atoms with Gasteiger partial charge in [-0.2, -0.15) is 5.26 Å². The molecule has 3 heteroatoms. The van der Waals surface area contributed by atoms with Gasteiger partial charge in [-0.3, -0.25) is 4.98 Å². The maximum atomic E-state index is 8.93. The van der Waals surface area contributed by atoms with Crippen LogP contribution >= 0.6 is 0 Å². The van der Waals surface area contributed by atoms with E-state index in [9.17, 15) is 0 Å². The van der Waals surface area contributed by atoms with Crippen molar-refractivity contribution >= 4 is 5.69 Å². The van der Waals surface area contributed by atoms with E-state index in [1.807, 2.05) is 19.2 Å². The van der Waals surface area contributed by atoms with Gasteiger partial charge in [0.1, 0.15) is 0 Å². The molecule has 0 amide bonds. The van der Waals surface area contributed by atoms with Gasteiger partial charge in [-0.1, -0.05) is 0 Å². The van der Waals surface area contributed by atoms with Crippen LogP contribution in [0.15, 0.2) is 18.3 Å². The van der Waals surface area contributed by atoms with Crippen molar-refractivity contribution in [2.75, 3.05) is 12.4 Å². The fraction of sp³-hybridized carbons (Fsp3) is 0.400. The quantitative estimate of drug-likeness (QED) is 0.740. The van der Waals surface area contributed by atoms with Crippen LogP contribution in [0.5, 0.6) is 0 Å². The molecule has 1 aromatic heterocycles. The Kier molecular flexibility index (Phi) is 1.70. The van der Waals surface area contributed by atoms with Gasteiger partial charge in [0.2, 0.25) is 0 Å². The zero-order valence-corrected chi connectivity index (χ0v) is 7.54. The highest BCUT2D eigenvalue weighted by Gasteiger charge is 2.46. The Labute approximate surface area is 77.4 Å². The Balaban J connectivity index is 2.29. The lowest BCUT2D eigenvalue weighted by molar-refractivity contribution is 0.855. The summed E-state index contributed by atoms with van der Waals surface area (Å²) in [7, 11) is 1.86. The molecule has 0 spiro atoms. The van der Waals surface area contributed by atoms with Crippen molar-refractivity contribution in [3.05, 3.63) is 24.0 Å². The number of nitriles is 1. The van der Waals surface area contributed by atoms with E-state index in [-0.39, 0.29) is 5.41 Å². The van der Waals surface area contributed by atoms with E-state index in [0.717, 1.165) is 24.2 Å². The second kappa shape index (κ2) is 2.74. The van der Waals surface area contributed by atoms with Crippen LogP contribution in [-0.2, 0) is 5.41 Å². The molecule has 0 aliphatic heterocycles. The third kappa shape index (κ3) is 1.25. The van der Waals surface area contributed by atoms with Gasteiger partial charge in [-0.15, -0.1) is 0 Å². The second-order valence-corrected chi connectivity index (χ2v) is 3.38. The molecule has 0 unspecified atom stereocenters. The maximum absolute atomic E-state index is 8.93. The monoisotopic (exact) mass is 173 g/mol. The minimum atomic E-state index is -0.258. The molecule has 1 aromatic rings. The van der Waals surface area contributed by atoms with Gasteiger partial charge in [0.05, 0.1) is 29.1 Å². The average molecular weight is 173 g/mol. The van der Waals surface area contributed by atoms with Crippen molar-refractivity contribution in [3.63, 3.8) is 0 Å². The number of aromatic nitrogens is 1. The lowest BCUT2D eigenvalue weighted by Crippen LogP contribution is -2.05. The zero-order valence-electron chi connectivity index (χ0n) is 7.54. The van der Waals surface area contributed by atoms with Gasteiger partial charge in [0.15, 0.2) is 0 Å². The Morgan fingerprint density at radius 3 is 2.69 bits per heavy atom. The number of hydrogen-bond donors (Lipinski definition) is 1. The third-order valence-corrected chi connectivity index (χ3v) is 2.51. The van der Waals surface area contributed by atoms with Gasteiger partial charge >= 0.3 is 0 Å². The zero-order chi connectivity index (χ0) is 9.31. The molecule has 13 heavy (non-hydrogen) atoms. The maximum Gasteiger partial charge on any atom is 0.0994 e. The summed E-state index contributed by atoms with van der Waals surface area (Å²) >= 11 is 0. The summed E-state index contributed by atoms with van der Waals surface area (Å²) in [5.74, 6) is 0. The Bertz CT molecular complexity index is 343. The highest BCUT2D eigenvalue weighted by atomic mass is 14.9. The predicted molar refractivity (Wildman–Crippen MR) is 50.3 cm³/mol. The van der Waals surface area contributed by atoms with Gasteiger partial charge in [0, 0.05) is 7.05 Å². The summed E-state index contributed by atoms with van der Waals surface area (Å²) in [6.07, 6.45) is 3.68. The van der Waals surface area contributed by atoms with Crippen molar-refractivity contribution in [2.45, 2.75) is 18.3 Å². The van der Waals surface area contributed by atoms with Gasteiger partial charge in [-0.25, -0.2) is 0 Å². The Hall–Kier alpha value is -1.56. The molecule has 1 saturated carbocycles. The van der Waals surface area contributed by atoms with Crippen LogP contribution in [0.3, 0.4) is 0 Å². The summed E-state index contributed by atoms with van der Waals surface area (Å²) in [5.41, 5.74) is 1.64. The summed E-state index contributed by atoms with van der Waals surface area (Å²) in [4.78, 5) is 4.27. The molecule has 2 rings (SSSR count). The molecule has 0 atom stereocenters. The van der Waals surface area contributed by atoms with Crippen LogP contribution in [0.4, 0.5) is 5.69 Å². The van der Waals surface area contributed by atoms with Crippen molar-refractivity contribution in [2.24, 2.45) is 0 Å². The number of anilines is 1. The van der Waals surface area contributed by atoms with Crippen molar-refractivity contribution in [1.82, 2.24) is 4.98 Å². The predicted octanol–water partition coefficient (Wildman–Crippen LogP) is 1.68. The van der Waals surface area contributed by atoms with Crippen molar-refractivity contribution < 1.29 is 0 Å². The first kappa shape index (κ1) is 8.06. The number of nitrogens with zero attached hydrogens (tertiary/aromatic N) is 2. The summed E-state index contributed by atoms with van der Waals surface area (Å²) in [6.45, 7) is 0. The fourth-order valence-electron chi connectivity index (χ4n) is 1.38. The van der Waals surface area contributed by atoms with Crippen molar-refractivity contribution in [1.29, 1.82) is 5.26 Å². The average Bonchev–Trinajstić information content (AvgIpc) is 2.99. The number of pyridine rings is 1. The molecule has 0 saturated heterocycles. The molecular weight excluding hydrogens is 162 g/mol. The first-order valence-corrected chi connectivity index (χ1v) is 4.36. The molecule has 0 bridgehead atoms. The number of hydrogen-bond acceptors (Lipinski definition) is 3. The topological polar surface area (TPSA) is 48.7 Å². The molecule has 1 fully saturated rings. The second-order valence-electron chi connectivity index (χ2n) is 3.38. The van der Waals surface area contributed by atoms with Crippen LogP contribution < -0.4 is 5.32 Å². The first-order valence-electron chi connectivity index (χ1n) is 4.36. The fourth-order valence-corrected chi connectivity index (χ4v) is 1.38. The number of nitrogens with one attached hydrogen (secondary N) is 1. The van der Waals surface area contributed by atoms with Gasteiger partial charge in [0.25, 0.3) is 0 Å². The highest BCUT2D eigenvalue weighted by Crippen LogP contribution is 2.46. The number of rotatable bonds is 2. The molecule has 1 heterocycles. The van der Waals surface area contributed by atoms with Crippen LogP contribution in [0.25, 0.3) is 0 Å². The van der Waals surface area contributed by atoms with Crippen LogP contribution in [0.1, 0.15) is 18.5 Å². The third-order valence-electron chi connectivity index (χ3n) is 2.51. The van der Waals surface area contributed by atoms with E-state index in [1.54, 1.807) is 6.20 Å². The lowest BCUT2D eigenvalue weighted by atomic mass is 10.0. The van der Waals surface area contributed by atoms with Crippen molar-refractivity contribution in [3.8, 4) is 6.07 Å². The summed E-state index contributed by atoms with van der Waals surface area (Å²) < 4.78 is 0. The normalized spacial score (nSPS) is 17.5. The standard InChI is InChI=1S/C10H11N3/c1-12-8-2-3-9(13-6-8)10(7-11)4-5-10/h2-3,6,12H,4-5H2,1H3. The van der Waals surface area contributed by atoms with Crippen LogP contribution in [0.2, 0.25) is 0 Å². The molecule has 3 nitrogen and oxygen atoms in total. The van der Waals surface area contributed by atoms with E-state index in [1.165, 1.54) is 0 Å². The van der Waals surface area contributed by atoms with E-state index < -0.39 is 0 Å². The lowest BCUT2D eigenvalue weighted by Gasteiger charge is -2.05.